The van der Waals surface area contributed by atoms with Crippen LogP contribution >= 0.6 is 0 Å². The van der Waals surface area contributed by atoms with Crippen LogP contribution in [0.4, 0.5) is 0 Å². The van der Waals surface area contributed by atoms with Crippen molar-refractivity contribution in [2.45, 2.75) is 24.4 Å². The molecule has 0 amide bonds. The molecule has 0 aliphatic carbocycles. The molecule has 15 heavy (non-hydrogen) atoms. The smallest absolute Gasteiger partial charge is 0.335 e. The van der Waals surface area contributed by atoms with Crippen LogP contribution in [0.3, 0.4) is 0 Å². The van der Waals surface area contributed by atoms with Gasteiger partial charge in [-0.25, -0.2) is 4.79 Å². The number of carboxylic acid groups (broad SMARTS) is 1. The van der Waals surface area contributed by atoms with Gasteiger partial charge in [-0.3, -0.25) is 0 Å². The van der Waals surface area contributed by atoms with Gasteiger partial charge in [-0.1, -0.05) is 0 Å². The van der Waals surface area contributed by atoms with Crippen molar-refractivity contribution in [2.24, 2.45) is 0 Å². The SMILES string of the molecule is N.N.N.O=C(O)C1OCC(O)C(O)C1O. The van der Waals surface area contributed by atoms with Crippen molar-refractivity contribution in [1.82, 2.24) is 18.5 Å². The van der Waals surface area contributed by atoms with Crippen LogP contribution in [-0.2, 0) is 9.53 Å². The van der Waals surface area contributed by atoms with Gasteiger partial charge in [-0.2, -0.15) is 0 Å². The van der Waals surface area contributed by atoms with E-state index in [-0.39, 0.29) is 25.1 Å². The fourth-order valence-electron chi connectivity index (χ4n) is 1.02. The van der Waals surface area contributed by atoms with Gasteiger partial charge in [-0.05, 0) is 0 Å². The minimum Gasteiger partial charge on any atom is -0.479 e. The van der Waals surface area contributed by atoms with Crippen LogP contribution in [0.25, 0.3) is 0 Å². The molecule has 4 unspecified atom stereocenters. The van der Waals surface area contributed by atoms with Gasteiger partial charge in [0.15, 0.2) is 6.10 Å². The van der Waals surface area contributed by atoms with Crippen LogP contribution in [0.5, 0.6) is 0 Å². The molecule has 0 aromatic heterocycles. The highest BCUT2D eigenvalue weighted by Crippen LogP contribution is 2.15. The standard InChI is InChI=1S/C6H10O6.3H3N/c7-2-1-12-5(6(10)11)4(9)3(2)8;;;/h2-5,7-9H,1H2,(H,10,11);3*1H3. The van der Waals surface area contributed by atoms with Gasteiger partial charge >= 0.3 is 5.97 Å². The molecule has 1 heterocycles. The number of ether oxygens (including phenoxy) is 1. The third kappa shape index (κ3) is 4.05. The Morgan fingerprint density at radius 2 is 1.53 bits per heavy atom. The largest absolute Gasteiger partial charge is 0.479 e. The summed E-state index contributed by atoms with van der Waals surface area (Å²) in [5.74, 6) is -1.35. The molecule has 0 aromatic rings. The average Bonchev–Trinajstić information content (AvgIpc) is 2.00. The third-order valence-corrected chi connectivity index (χ3v) is 1.74. The minimum atomic E-state index is -1.58. The van der Waals surface area contributed by atoms with Gasteiger partial charge in [0.2, 0.25) is 0 Å². The Morgan fingerprint density at radius 1 is 1.07 bits per heavy atom. The molecule has 1 saturated heterocycles. The number of aliphatic carboxylic acids is 1. The predicted octanol–water partition coefficient (Wildman–Crippen LogP) is -1.96. The van der Waals surface area contributed by atoms with Crippen LogP contribution in [-0.4, -0.2) is 57.4 Å². The minimum absolute atomic E-state index is 0. The van der Waals surface area contributed by atoms with Crippen molar-refractivity contribution in [2.75, 3.05) is 6.61 Å². The molecular formula is C6H19N3O6. The fraction of sp³-hybridized carbons (Fsp3) is 0.833. The zero-order chi connectivity index (χ0) is 9.30. The van der Waals surface area contributed by atoms with E-state index in [0.717, 1.165) is 0 Å². The fourth-order valence-corrected chi connectivity index (χ4v) is 1.02. The van der Waals surface area contributed by atoms with E-state index in [2.05, 4.69) is 4.74 Å². The number of aliphatic hydroxyl groups excluding tert-OH is 3. The first-order valence-corrected chi connectivity index (χ1v) is 3.42. The molecular weight excluding hydrogens is 210 g/mol. The topological polar surface area (TPSA) is 212 Å². The van der Waals surface area contributed by atoms with E-state index in [4.69, 9.17) is 20.4 Å². The van der Waals surface area contributed by atoms with Gasteiger partial charge in [0, 0.05) is 0 Å². The monoisotopic (exact) mass is 229 g/mol. The van der Waals surface area contributed by atoms with Crippen LogP contribution in [0.2, 0.25) is 0 Å². The van der Waals surface area contributed by atoms with Crippen molar-refractivity contribution in [3.8, 4) is 0 Å². The van der Waals surface area contributed by atoms with Gasteiger partial charge in [-0.15, -0.1) is 0 Å². The second-order valence-corrected chi connectivity index (χ2v) is 2.64. The van der Waals surface area contributed by atoms with Gasteiger partial charge in [0.25, 0.3) is 0 Å². The Hall–Kier alpha value is -0.810. The van der Waals surface area contributed by atoms with E-state index in [1.54, 1.807) is 0 Å². The Morgan fingerprint density at radius 3 is 1.93 bits per heavy atom. The van der Waals surface area contributed by atoms with E-state index in [9.17, 15) is 4.79 Å². The normalized spacial score (nSPS) is 34.1. The molecule has 1 fully saturated rings. The summed E-state index contributed by atoms with van der Waals surface area (Å²) in [5, 5.41) is 35.4. The first-order valence-electron chi connectivity index (χ1n) is 3.42. The molecule has 13 N–H and O–H groups in total. The maximum Gasteiger partial charge on any atom is 0.335 e. The summed E-state index contributed by atoms with van der Waals surface area (Å²) >= 11 is 0. The van der Waals surface area contributed by atoms with Gasteiger partial charge in [0.05, 0.1) is 6.61 Å². The van der Waals surface area contributed by atoms with Crippen LogP contribution in [0.15, 0.2) is 0 Å². The average molecular weight is 229 g/mol. The molecule has 9 nitrogen and oxygen atoms in total. The molecule has 94 valence electrons. The van der Waals surface area contributed by atoms with Crippen molar-refractivity contribution >= 4 is 5.97 Å². The Kier molecular flexibility index (Phi) is 9.83. The zero-order valence-electron chi connectivity index (χ0n) is 8.24. The lowest BCUT2D eigenvalue weighted by molar-refractivity contribution is -0.201. The maximum absolute atomic E-state index is 10.3. The van der Waals surface area contributed by atoms with Crippen molar-refractivity contribution in [3.63, 3.8) is 0 Å². The third-order valence-electron chi connectivity index (χ3n) is 1.74. The first-order chi connectivity index (χ1) is 5.54. The van der Waals surface area contributed by atoms with Crippen LogP contribution in [0, 0.1) is 0 Å². The summed E-state index contributed by atoms with van der Waals surface area (Å²) in [4.78, 5) is 10.3. The maximum atomic E-state index is 10.3. The summed E-state index contributed by atoms with van der Waals surface area (Å²) in [6.45, 7) is -0.283. The lowest BCUT2D eigenvalue weighted by atomic mass is 10.0. The lowest BCUT2D eigenvalue weighted by Gasteiger charge is -2.32. The molecule has 0 aromatic carbocycles. The quantitative estimate of drug-likeness (QED) is 0.265. The zero-order valence-corrected chi connectivity index (χ0v) is 8.24. The number of carboxylic acids is 1. The number of carbonyl (C=O) groups is 1. The molecule has 1 aliphatic rings. The number of aliphatic hydroxyl groups is 3. The molecule has 9 heteroatoms. The van der Waals surface area contributed by atoms with Crippen LogP contribution in [0.1, 0.15) is 0 Å². The highest BCUT2D eigenvalue weighted by atomic mass is 16.5. The number of rotatable bonds is 1. The lowest BCUT2D eigenvalue weighted by Crippen LogP contribution is -2.55. The Labute approximate surface area is 86.4 Å². The Balaban J connectivity index is -0.000000480. The molecule has 0 radical (unpaired) electrons. The summed E-state index contributed by atoms with van der Waals surface area (Å²) in [5.41, 5.74) is 0. The summed E-state index contributed by atoms with van der Waals surface area (Å²) in [7, 11) is 0. The van der Waals surface area contributed by atoms with Gasteiger partial charge in [0.1, 0.15) is 18.3 Å². The highest BCUT2D eigenvalue weighted by Gasteiger charge is 2.41. The predicted molar refractivity (Wildman–Crippen MR) is 50.5 cm³/mol. The summed E-state index contributed by atoms with van der Waals surface area (Å²) in [6, 6.07) is 0. The van der Waals surface area contributed by atoms with Crippen LogP contribution < -0.4 is 18.5 Å². The molecule has 0 bridgehead atoms. The van der Waals surface area contributed by atoms with Crippen molar-refractivity contribution in [1.29, 1.82) is 0 Å². The van der Waals surface area contributed by atoms with Crippen molar-refractivity contribution < 1.29 is 30.0 Å². The molecule has 0 saturated carbocycles. The van der Waals surface area contributed by atoms with Crippen molar-refractivity contribution in [3.05, 3.63) is 0 Å². The molecule has 1 rings (SSSR count). The van der Waals surface area contributed by atoms with Gasteiger partial charge < -0.3 is 43.6 Å². The molecule has 1 aliphatic heterocycles. The highest BCUT2D eigenvalue weighted by molar-refractivity contribution is 5.73. The van der Waals surface area contributed by atoms with E-state index in [0.29, 0.717) is 0 Å². The summed E-state index contributed by atoms with van der Waals surface area (Å²) < 4.78 is 4.57. The van der Waals surface area contributed by atoms with E-state index >= 15 is 0 Å². The summed E-state index contributed by atoms with van der Waals surface area (Å²) in [6.07, 6.45) is -5.72. The Bertz CT molecular complexity index is 192. The van der Waals surface area contributed by atoms with E-state index in [1.165, 1.54) is 0 Å². The molecule has 0 spiro atoms. The van der Waals surface area contributed by atoms with E-state index < -0.39 is 30.4 Å². The second-order valence-electron chi connectivity index (χ2n) is 2.64. The number of hydrogen-bond acceptors (Lipinski definition) is 8. The number of hydrogen-bond donors (Lipinski definition) is 7. The molecule has 4 atom stereocenters. The van der Waals surface area contributed by atoms with E-state index in [1.807, 2.05) is 0 Å². The second kappa shape index (κ2) is 7.48. The first kappa shape index (κ1) is 19.7.